The highest BCUT2D eigenvalue weighted by Gasteiger charge is 2.06. The lowest BCUT2D eigenvalue weighted by Crippen LogP contribution is -2.14. The van der Waals surface area contributed by atoms with Crippen molar-refractivity contribution in [3.05, 3.63) is 29.3 Å². The van der Waals surface area contributed by atoms with Crippen molar-refractivity contribution in [3.8, 4) is 18.1 Å². The Morgan fingerprint density at radius 3 is 2.64 bits per heavy atom. The van der Waals surface area contributed by atoms with E-state index in [9.17, 15) is 0 Å². The van der Waals surface area contributed by atoms with Crippen molar-refractivity contribution in [2.75, 3.05) is 14.2 Å². The van der Waals surface area contributed by atoms with Gasteiger partial charge >= 0.3 is 0 Å². The van der Waals surface area contributed by atoms with E-state index in [1.54, 1.807) is 7.11 Å². The summed E-state index contributed by atoms with van der Waals surface area (Å²) in [6.45, 7) is 2.01. The van der Waals surface area contributed by atoms with E-state index < -0.39 is 0 Å². The van der Waals surface area contributed by atoms with Crippen LogP contribution in [0.2, 0.25) is 0 Å². The number of methoxy groups -OCH3 is 1. The van der Waals surface area contributed by atoms with Crippen LogP contribution in [0.25, 0.3) is 0 Å². The fourth-order valence-corrected chi connectivity index (χ4v) is 1.43. The summed E-state index contributed by atoms with van der Waals surface area (Å²) in [5, 5.41) is 3.06. The number of ether oxygens (including phenoxy) is 1. The molecule has 0 radical (unpaired) electrons. The van der Waals surface area contributed by atoms with Gasteiger partial charge in [-0.1, -0.05) is 12.0 Å². The average molecular weight is 189 g/mol. The third-order valence-electron chi connectivity index (χ3n) is 2.21. The summed E-state index contributed by atoms with van der Waals surface area (Å²) < 4.78 is 5.17. The van der Waals surface area contributed by atoms with E-state index >= 15 is 0 Å². The smallest absolute Gasteiger partial charge is 0.121 e. The normalized spacial score (nSPS) is 11.9. The maximum atomic E-state index is 5.39. The van der Waals surface area contributed by atoms with Crippen molar-refractivity contribution in [3.63, 3.8) is 0 Å². The van der Waals surface area contributed by atoms with Crippen molar-refractivity contribution in [2.24, 2.45) is 0 Å². The molecule has 1 atom stereocenters. The Balaban J connectivity index is 3.03. The van der Waals surface area contributed by atoms with Gasteiger partial charge in [0.05, 0.1) is 13.2 Å². The first kappa shape index (κ1) is 10.6. The third kappa shape index (κ3) is 2.07. The number of hydrogen-bond donors (Lipinski definition) is 1. The first-order valence-corrected chi connectivity index (χ1v) is 4.51. The zero-order chi connectivity index (χ0) is 10.6. The van der Waals surface area contributed by atoms with Gasteiger partial charge in [-0.15, -0.1) is 6.42 Å². The minimum absolute atomic E-state index is 0.0281. The molecule has 1 aromatic carbocycles. The molecular formula is C12H15NO. The lowest BCUT2D eigenvalue weighted by molar-refractivity contribution is 0.411. The Morgan fingerprint density at radius 1 is 1.50 bits per heavy atom. The van der Waals surface area contributed by atoms with Gasteiger partial charge in [-0.25, -0.2) is 0 Å². The maximum absolute atomic E-state index is 5.39. The third-order valence-corrected chi connectivity index (χ3v) is 2.21. The number of rotatable bonds is 3. The number of benzene rings is 1. The van der Waals surface area contributed by atoms with Crippen LogP contribution in [-0.4, -0.2) is 14.2 Å². The van der Waals surface area contributed by atoms with Crippen LogP contribution in [0.3, 0.4) is 0 Å². The zero-order valence-electron chi connectivity index (χ0n) is 8.79. The van der Waals surface area contributed by atoms with Crippen LogP contribution in [0.1, 0.15) is 17.2 Å². The average Bonchev–Trinajstić information content (AvgIpc) is 2.20. The van der Waals surface area contributed by atoms with Crippen molar-refractivity contribution in [1.29, 1.82) is 0 Å². The molecule has 0 amide bonds. The molecule has 2 nitrogen and oxygen atoms in total. The highest BCUT2D eigenvalue weighted by Crippen LogP contribution is 2.21. The largest absolute Gasteiger partial charge is 0.496 e. The van der Waals surface area contributed by atoms with Crippen LogP contribution in [0.5, 0.6) is 5.75 Å². The molecule has 74 valence electrons. The van der Waals surface area contributed by atoms with Gasteiger partial charge in [0.1, 0.15) is 5.75 Å². The van der Waals surface area contributed by atoms with E-state index in [4.69, 9.17) is 11.2 Å². The van der Waals surface area contributed by atoms with E-state index in [0.717, 1.165) is 16.9 Å². The molecule has 1 rings (SSSR count). The first-order chi connectivity index (χ1) is 6.72. The van der Waals surface area contributed by atoms with E-state index in [1.807, 2.05) is 32.2 Å². The Labute approximate surface area is 85.3 Å². The van der Waals surface area contributed by atoms with Crippen LogP contribution in [0.4, 0.5) is 0 Å². The highest BCUT2D eigenvalue weighted by atomic mass is 16.5. The van der Waals surface area contributed by atoms with Gasteiger partial charge in [0.15, 0.2) is 0 Å². The second kappa shape index (κ2) is 4.69. The predicted molar refractivity (Wildman–Crippen MR) is 58.4 cm³/mol. The molecule has 0 heterocycles. The molecule has 0 aliphatic rings. The van der Waals surface area contributed by atoms with Gasteiger partial charge in [-0.2, -0.15) is 0 Å². The lowest BCUT2D eigenvalue weighted by atomic mass is 10.0. The fraction of sp³-hybridized carbons (Fsp3) is 0.333. The van der Waals surface area contributed by atoms with Gasteiger partial charge in [0.2, 0.25) is 0 Å². The van der Waals surface area contributed by atoms with Gasteiger partial charge in [-0.3, -0.25) is 0 Å². The van der Waals surface area contributed by atoms with Gasteiger partial charge < -0.3 is 10.1 Å². The topological polar surface area (TPSA) is 21.3 Å². The molecule has 0 fully saturated rings. The minimum atomic E-state index is -0.0281. The lowest BCUT2D eigenvalue weighted by Gasteiger charge is -2.12. The Morgan fingerprint density at radius 2 is 2.21 bits per heavy atom. The summed E-state index contributed by atoms with van der Waals surface area (Å²) in [6.07, 6.45) is 5.39. The maximum Gasteiger partial charge on any atom is 0.121 e. The molecule has 1 N–H and O–H groups in total. The second-order valence-corrected chi connectivity index (χ2v) is 3.12. The summed E-state index contributed by atoms with van der Waals surface area (Å²) in [5.74, 6) is 3.57. The van der Waals surface area contributed by atoms with Gasteiger partial charge in [0.25, 0.3) is 0 Å². The van der Waals surface area contributed by atoms with E-state index in [2.05, 4.69) is 11.2 Å². The molecule has 0 bridgehead atoms. The SMILES string of the molecule is C#CC(NC)c1ccc(OC)c(C)c1. The van der Waals surface area contributed by atoms with Crippen LogP contribution >= 0.6 is 0 Å². The van der Waals surface area contributed by atoms with Crippen molar-refractivity contribution < 1.29 is 4.74 Å². The molecule has 0 saturated carbocycles. The molecular weight excluding hydrogens is 174 g/mol. The molecule has 0 aliphatic heterocycles. The Hall–Kier alpha value is -1.46. The van der Waals surface area contributed by atoms with Gasteiger partial charge in [0, 0.05) is 0 Å². The summed E-state index contributed by atoms with van der Waals surface area (Å²) >= 11 is 0. The monoisotopic (exact) mass is 189 g/mol. The molecule has 2 heteroatoms. The number of aryl methyl sites for hydroxylation is 1. The highest BCUT2D eigenvalue weighted by molar-refractivity contribution is 5.39. The first-order valence-electron chi connectivity index (χ1n) is 4.51. The van der Waals surface area contributed by atoms with Gasteiger partial charge in [-0.05, 0) is 37.2 Å². The molecule has 1 aromatic rings. The Kier molecular flexibility index (Phi) is 3.55. The fourth-order valence-electron chi connectivity index (χ4n) is 1.43. The molecule has 14 heavy (non-hydrogen) atoms. The molecule has 0 aliphatic carbocycles. The second-order valence-electron chi connectivity index (χ2n) is 3.12. The summed E-state index contributed by atoms with van der Waals surface area (Å²) in [7, 11) is 3.52. The molecule has 0 aromatic heterocycles. The Bertz CT molecular complexity index is 352. The molecule has 0 saturated heterocycles. The van der Waals surface area contributed by atoms with E-state index in [-0.39, 0.29) is 6.04 Å². The summed E-state index contributed by atoms with van der Waals surface area (Å²) in [5.41, 5.74) is 2.19. The van der Waals surface area contributed by atoms with Crippen LogP contribution in [0, 0.1) is 19.3 Å². The summed E-state index contributed by atoms with van der Waals surface area (Å²) in [4.78, 5) is 0. The number of hydrogen-bond acceptors (Lipinski definition) is 2. The molecule has 0 spiro atoms. The number of terminal acetylenes is 1. The minimum Gasteiger partial charge on any atom is -0.496 e. The standard InChI is InChI=1S/C12H15NO/c1-5-11(13-3)10-6-7-12(14-4)9(2)8-10/h1,6-8,11,13H,2-4H3. The van der Waals surface area contributed by atoms with Crippen molar-refractivity contribution in [1.82, 2.24) is 5.32 Å². The van der Waals surface area contributed by atoms with Crippen LogP contribution in [0.15, 0.2) is 18.2 Å². The van der Waals surface area contributed by atoms with E-state index in [1.165, 1.54) is 0 Å². The molecule has 1 unspecified atom stereocenters. The van der Waals surface area contributed by atoms with E-state index in [0.29, 0.717) is 0 Å². The summed E-state index contributed by atoms with van der Waals surface area (Å²) in [6, 6.07) is 5.93. The van der Waals surface area contributed by atoms with Crippen molar-refractivity contribution in [2.45, 2.75) is 13.0 Å². The van der Waals surface area contributed by atoms with Crippen LogP contribution in [-0.2, 0) is 0 Å². The quantitative estimate of drug-likeness (QED) is 0.733. The zero-order valence-corrected chi connectivity index (χ0v) is 8.79. The predicted octanol–water partition coefficient (Wildman–Crippen LogP) is 1.90. The van der Waals surface area contributed by atoms with Crippen molar-refractivity contribution >= 4 is 0 Å². The number of nitrogens with one attached hydrogen (secondary N) is 1. The van der Waals surface area contributed by atoms with Crippen LogP contribution < -0.4 is 10.1 Å².